The number of imidazole rings is 1. The summed E-state index contributed by atoms with van der Waals surface area (Å²) in [7, 11) is 0. The third-order valence-electron chi connectivity index (χ3n) is 4.76. The Kier molecular flexibility index (Phi) is 3.07. The molecule has 2 heterocycles. The molecule has 0 aromatic carbocycles. The van der Waals surface area contributed by atoms with Crippen LogP contribution in [0.1, 0.15) is 61.1 Å². The summed E-state index contributed by atoms with van der Waals surface area (Å²) >= 11 is 1.60. The van der Waals surface area contributed by atoms with E-state index in [2.05, 4.69) is 4.98 Å². The van der Waals surface area contributed by atoms with E-state index in [0.717, 1.165) is 28.2 Å². The molecule has 2 fully saturated rings. The van der Waals surface area contributed by atoms with E-state index in [1.165, 1.54) is 19.3 Å². The molecule has 4 rings (SSSR count). The summed E-state index contributed by atoms with van der Waals surface area (Å²) < 4.78 is 15.5. The van der Waals surface area contributed by atoms with Crippen molar-refractivity contribution in [2.45, 2.75) is 56.7 Å². The smallest absolute Gasteiger partial charge is 0.120 e. The molecule has 5 heteroatoms. The third kappa shape index (κ3) is 1.99. The van der Waals surface area contributed by atoms with Gasteiger partial charge in [-0.15, -0.1) is 11.3 Å². The minimum absolute atomic E-state index is 0.00754. The van der Waals surface area contributed by atoms with E-state index in [1.54, 1.807) is 23.9 Å². The van der Waals surface area contributed by atoms with Gasteiger partial charge in [-0.25, -0.2) is 9.37 Å². The second kappa shape index (κ2) is 4.81. The van der Waals surface area contributed by atoms with Gasteiger partial charge >= 0.3 is 0 Å². The van der Waals surface area contributed by atoms with Crippen LogP contribution >= 0.6 is 11.3 Å². The zero-order valence-corrected chi connectivity index (χ0v) is 12.2. The number of hydrogen-bond acceptors (Lipinski definition) is 3. The van der Waals surface area contributed by atoms with Gasteiger partial charge in [0.15, 0.2) is 0 Å². The van der Waals surface area contributed by atoms with Crippen LogP contribution in [0, 0.1) is 5.92 Å². The van der Waals surface area contributed by atoms with Crippen LogP contribution in [0.2, 0.25) is 0 Å². The predicted octanol–water partition coefficient (Wildman–Crippen LogP) is 3.83. The quantitative estimate of drug-likeness (QED) is 0.934. The first-order valence-electron chi connectivity index (χ1n) is 7.52. The maximum atomic E-state index is 13.5. The molecule has 3 nitrogen and oxygen atoms in total. The highest BCUT2D eigenvalue weighted by molar-refractivity contribution is 7.17. The van der Waals surface area contributed by atoms with Crippen LogP contribution in [0.5, 0.6) is 0 Å². The maximum Gasteiger partial charge on any atom is 0.120 e. The molecule has 0 aliphatic heterocycles. The van der Waals surface area contributed by atoms with Crippen molar-refractivity contribution in [3.8, 4) is 0 Å². The molecule has 2 saturated carbocycles. The summed E-state index contributed by atoms with van der Waals surface area (Å²) in [5.74, 6) is 0.327. The van der Waals surface area contributed by atoms with E-state index in [-0.39, 0.29) is 5.92 Å². The SMILES string of the molecule is OC(c1c(C2CC2F)sc2cncn12)C1CCCCC1. The van der Waals surface area contributed by atoms with Gasteiger partial charge < -0.3 is 5.11 Å². The van der Waals surface area contributed by atoms with Crippen molar-refractivity contribution in [2.24, 2.45) is 5.92 Å². The molecule has 2 aliphatic carbocycles. The number of fused-ring (bicyclic) bond motifs is 1. The van der Waals surface area contributed by atoms with Gasteiger partial charge in [0.2, 0.25) is 0 Å². The van der Waals surface area contributed by atoms with Crippen molar-refractivity contribution in [1.82, 2.24) is 9.38 Å². The molecule has 1 N–H and O–H groups in total. The minimum Gasteiger partial charge on any atom is -0.387 e. The molecule has 3 atom stereocenters. The van der Waals surface area contributed by atoms with Gasteiger partial charge in [-0.1, -0.05) is 19.3 Å². The molecule has 20 heavy (non-hydrogen) atoms. The monoisotopic (exact) mass is 294 g/mol. The molecule has 0 amide bonds. The lowest BCUT2D eigenvalue weighted by Crippen LogP contribution is -2.18. The first-order chi connectivity index (χ1) is 9.75. The zero-order valence-electron chi connectivity index (χ0n) is 11.3. The fraction of sp³-hybridized carbons (Fsp3) is 0.667. The van der Waals surface area contributed by atoms with Crippen molar-refractivity contribution in [3.63, 3.8) is 0 Å². The van der Waals surface area contributed by atoms with Gasteiger partial charge in [0.1, 0.15) is 17.3 Å². The number of thiazole rings is 1. The number of aromatic nitrogens is 2. The summed E-state index contributed by atoms with van der Waals surface area (Å²) in [4.78, 5) is 6.22. The maximum absolute atomic E-state index is 13.5. The van der Waals surface area contributed by atoms with Gasteiger partial charge in [0, 0.05) is 10.8 Å². The Morgan fingerprint density at radius 3 is 2.80 bits per heavy atom. The molecule has 3 unspecified atom stereocenters. The van der Waals surface area contributed by atoms with Gasteiger partial charge in [-0.2, -0.15) is 0 Å². The fourth-order valence-corrected chi connectivity index (χ4v) is 4.79. The number of halogens is 1. The second-order valence-corrected chi connectivity index (χ2v) is 7.22. The van der Waals surface area contributed by atoms with E-state index in [4.69, 9.17) is 0 Å². The van der Waals surface area contributed by atoms with Crippen LogP contribution in [-0.2, 0) is 0 Å². The molecule has 0 spiro atoms. The Morgan fingerprint density at radius 2 is 2.10 bits per heavy atom. The lowest BCUT2D eigenvalue weighted by molar-refractivity contribution is 0.0798. The Hall–Kier alpha value is -0.940. The molecule has 2 aromatic rings. The van der Waals surface area contributed by atoms with Crippen LogP contribution in [0.4, 0.5) is 4.39 Å². The van der Waals surface area contributed by atoms with Crippen molar-refractivity contribution in [2.75, 3.05) is 0 Å². The van der Waals surface area contributed by atoms with Crippen LogP contribution in [-0.4, -0.2) is 20.7 Å². The molecule has 0 bridgehead atoms. The first kappa shape index (κ1) is 12.8. The van der Waals surface area contributed by atoms with E-state index in [0.29, 0.717) is 12.3 Å². The molecule has 108 valence electrons. The third-order valence-corrected chi connectivity index (χ3v) is 6.00. The largest absolute Gasteiger partial charge is 0.387 e. The number of nitrogens with zero attached hydrogens (tertiary/aromatic N) is 2. The molecule has 0 saturated heterocycles. The zero-order chi connectivity index (χ0) is 13.7. The summed E-state index contributed by atoms with van der Waals surface area (Å²) in [6, 6.07) is 0. The van der Waals surface area contributed by atoms with Crippen molar-refractivity contribution < 1.29 is 9.50 Å². The first-order valence-corrected chi connectivity index (χ1v) is 8.34. The summed E-state index contributed by atoms with van der Waals surface area (Å²) in [5.41, 5.74) is 0.916. The normalized spacial score (nSPS) is 28.9. The van der Waals surface area contributed by atoms with Crippen LogP contribution < -0.4 is 0 Å². The molecular weight excluding hydrogens is 275 g/mol. The fourth-order valence-electron chi connectivity index (χ4n) is 3.49. The predicted molar refractivity (Wildman–Crippen MR) is 76.9 cm³/mol. The summed E-state index contributed by atoms with van der Waals surface area (Å²) in [5, 5.41) is 10.8. The van der Waals surface area contributed by atoms with E-state index >= 15 is 0 Å². The summed E-state index contributed by atoms with van der Waals surface area (Å²) in [6.45, 7) is 0. The standard InChI is InChI=1S/C15H19FN2OS/c16-11-6-10(11)15-13(18-8-17-7-12(18)20-15)14(19)9-4-2-1-3-5-9/h7-11,14,19H,1-6H2. The minimum atomic E-state index is -0.719. The van der Waals surface area contributed by atoms with Gasteiger partial charge in [-0.3, -0.25) is 4.40 Å². The second-order valence-electron chi connectivity index (χ2n) is 6.15. The number of alkyl halides is 1. The number of aliphatic hydroxyl groups is 1. The highest BCUT2D eigenvalue weighted by atomic mass is 32.1. The van der Waals surface area contributed by atoms with Gasteiger partial charge in [-0.05, 0) is 25.2 Å². The molecule has 0 radical (unpaired) electrons. The highest BCUT2D eigenvalue weighted by Crippen LogP contribution is 2.50. The van der Waals surface area contributed by atoms with Crippen molar-refractivity contribution in [3.05, 3.63) is 23.1 Å². The average molecular weight is 294 g/mol. The Morgan fingerprint density at radius 1 is 1.35 bits per heavy atom. The van der Waals surface area contributed by atoms with E-state index in [9.17, 15) is 9.50 Å². The van der Waals surface area contributed by atoms with Crippen LogP contribution in [0.3, 0.4) is 0 Å². The van der Waals surface area contributed by atoms with Gasteiger partial charge in [0.05, 0.1) is 18.0 Å². The molecular formula is C15H19FN2OS. The van der Waals surface area contributed by atoms with Crippen molar-refractivity contribution >= 4 is 16.2 Å². The van der Waals surface area contributed by atoms with Gasteiger partial charge in [0.25, 0.3) is 0 Å². The van der Waals surface area contributed by atoms with E-state index in [1.807, 2.05) is 4.40 Å². The summed E-state index contributed by atoms with van der Waals surface area (Å²) in [6.07, 6.45) is 8.81. The van der Waals surface area contributed by atoms with Crippen LogP contribution in [0.25, 0.3) is 4.83 Å². The van der Waals surface area contributed by atoms with E-state index < -0.39 is 12.3 Å². The number of aliphatic hydroxyl groups excluding tert-OH is 1. The van der Waals surface area contributed by atoms with Crippen LogP contribution in [0.15, 0.2) is 12.5 Å². The Bertz CT molecular complexity index is 616. The Balaban J connectivity index is 1.74. The molecule has 2 aliphatic rings. The topological polar surface area (TPSA) is 37.5 Å². The average Bonchev–Trinajstić information content (AvgIpc) is 2.88. The lowest BCUT2D eigenvalue weighted by atomic mass is 9.83. The molecule has 2 aromatic heterocycles. The number of rotatable bonds is 3. The van der Waals surface area contributed by atoms with Crippen molar-refractivity contribution in [1.29, 1.82) is 0 Å². The lowest BCUT2D eigenvalue weighted by Gasteiger charge is -2.27. The Labute approximate surface area is 121 Å². The number of hydrogen-bond donors (Lipinski definition) is 1. The highest BCUT2D eigenvalue weighted by Gasteiger charge is 2.43.